The van der Waals surface area contributed by atoms with Crippen molar-refractivity contribution in [2.45, 2.75) is 19.2 Å². The summed E-state index contributed by atoms with van der Waals surface area (Å²) in [5, 5.41) is 0.735. The Morgan fingerprint density at radius 3 is 2.30 bits per heavy atom. The van der Waals surface area contributed by atoms with Gasteiger partial charge in [0, 0.05) is 11.1 Å². The molecule has 0 heterocycles. The fourth-order valence-electron chi connectivity index (χ4n) is 1.92. The molecule has 0 bridgehead atoms. The minimum absolute atomic E-state index is 0.337. The maximum atomic E-state index is 6.51. The summed E-state index contributed by atoms with van der Waals surface area (Å²) in [6, 6.07) is 11.5. The summed E-state index contributed by atoms with van der Waals surface area (Å²) in [7, 11) is 0. The average Bonchev–Trinajstić information content (AvgIpc) is 2.43. The van der Waals surface area contributed by atoms with Crippen LogP contribution < -0.4 is 4.74 Å². The van der Waals surface area contributed by atoms with E-state index in [0.29, 0.717) is 22.4 Å². The predicted molar refractivity (Wildman–Crippen MR) is 86.5 cm³/mol. The molecule has 20 heavy (non-hydrogen) atoms. The lowest BCUT2D eigenvalue weighted by Gasteiger charge is -2.15. The summed E-state index contributed by atoms with van der Waals surface area (Å²) in [6.45, 7) is 4.47. The summed E-state index contributed by atoms with van der Waals surface area (Å²) in [4.78, 5) is 0. The Morgan fingerprint density at radius 1 is 1.05 bits per heavy atom. The fraction of sp³-hybridized carbons (Fsp3) is 0.250. The van der Waals surface area contributed by atoms with Gasteiger partial charge >= 0.3 is 0 Å². The van der Waals surface area contributed by atoms with Gasteiger partial charge in [0.25, 0.3) is 0 Å². The van der Waals surface area contributed by atoms with Crippen molar-refractivity contribution in [2.75, 3.05) is 6.61 Å². The summed E-state index contributed by atoms with van der Waals surface area (Å²) >= 11 is 19.0. The molecule has 106 valence electrons. The largest absolute Gasteiger partial charge is 0.492 e. The number of hydrogen-bond acceptors (Lipinski definition) is 1. The van der Waals surface area contributed by atoms with E-state index in [2.05, 4.69) is 0 Å². The Morgan fingerprint density at radius 2 is 1.70 bits per heavy atom. The molecule has 0 amide bonds. The van der Waals surface area contributed by atoms with E-state index in [1.165, 1.54) is 5.56 Å². The van der Waals surface area contributed by atoms with Gasteiger partial charge < -0.3 is 4.74 Å². The van der Waals surface area contributed by atoms with Gasteiger partial charge in [-0.05, 0) is 31.0 Å². The minimum Gasteiger partial charge on any atom is -0.492 e. The van der Waals surface area contributed by atoms with E-state index < -0.39 is 0 Å². The Kier molecular flexibility index (Phi) is 5.20. The molecule has 0 radical (unpaired) electrons. The molecule has 2 aromatic carbocycles. The molecular weight excluding hydrogens is 315 g/mol. The number of alkyl halides is 1. The van der Waals surface area contributed by atoms with E-state index >= 15 is 0 Å². The standard InChI is InChI=1S/C16H15Cl3O/c1-3-20-15-9-13(17)12(8-14(15)18)16(19)11-6-4-10(2)5-7-11/h4-9,16H,3H2,1-2H3. The summed E-state index contributed by atoms with van der Waals surface area (Å²) in [6.07, 6.45) is 0. The van der Waals surface area contributed by atoms with Gasteiger partial charge in [-0.2, -0.15) is 0 Å². The number of ether oxygens (including phenoxy) is 1. The quantitative estimate of drug-likeness (QED) is 0.622. The van der Waals surface area contributed by atoms with Gasteiger partial charge in [-0.3, -0.25) is 0 Å². The van der Waals surface area contributed by atoms with Crippen LogP contribution in [0.2, 0.25) is 10.0 Å². The van der Waals surface area contributed by atoms with Crippen molar-refractivity contribution >= 4 is 34.8 Å². The van der Waals surface area contributed by atoms with Crippen molar-refractivity contribution in [3.63, 3.8) is 0 Å². The first kappa shape index (κ1) is 15.5. The highest BCUT2D eigenvalue weighted by Crippen LogP contribution is 2.39. The maximum absolute atomic E-state index is 6.51. The molecule has 0 saturated carbocycles. The van der Waals surface area contributed by atoms with E-state index in [1.807, 2.05) is 38.1 Å². The van der Waals surface area contributed by atoms with Crippen LogP contribution >= 0.6 is 34.8 Å². The van der Waals surface area contributed by atoms with Crippen LogP contribution in [0.4, 0.5) is 0 Å². The fourth-order valence-corrected chi connectivity index (χ4v) is 2.79. The van der Waals surface area contributed by atoms with Crippen molar-refractivity contribution in [1.82, 2.24) is 0 Å². The van der Waals surface area contributed by atoms with Crippen molar-refractivity contribution in [3.8, 4) is 5.75 Å². The SMILES string of the molecule is CCOc1cc(Cl)c(C(Cl)c2ccc(C)cc2)cc1Cl. The second-order valence-corrected chi connectivity index (χ2v) is 5.76. The van der Waals surface area contributed by atoms with Crippen molar-refractivity contribution in [2.24, 2.45) is 0 Å². The van der Waals surface area contributed by atoms with Gasteiger partial charge in [0.1, 0.15) is 5.75 Å². The van der Waals surface area contributed by atoms with Crippen LogP contribution in [0.3, 0.4) is 0 Å². The molecule has 0 aromatic heterocycles. The predicted octanol–water partition coefficient (Wildman–Crippen LogP) is 6.03. The van der Waals surface area contributed by atoms with Gasteiger partial charge in [0.2, 0.25) is 0 Å². The molecular formula is C16H15Cl3O. The smallest absolute Gasteiger partial charge is 0.139 e. The zero-order chi connectivity index (χ0) is 14.7. The van der Waals surface area contributed by atoms with Gasteiger partial charge in [-0.25, -0.2) is 0 Å². The third kappa shape index (κ3) is 3.41. The van der Waals surface area contributed by atoms with Crippen LogP contribution in [0.15, 0.2) is 36.4 Å². The molecule has 2 rings (SSSR count). The van der Waals surface area contributed by atoms with Crippen LogP contribution in [0.5, 0.6) is 5.75 Å². The van der Waals surface area contributed by atoms with Crippen molar-refractivity contribution in [1.29, 1.82) is 0 Å². The van der Waals surface area contributed by atoms with Gasteiger partial charge in [0.15, 0.2) is 0 Å². The Bertz CT molecular complexity index is 593. The second kappa shape index (κ2) is 6.71. The molecule has 0 aliphatic carbocycles. The van der Waals surface area contributed by atoms with Crippen LogP contribution in [-0.4, -0.2) is 6.61 Å². The second-order valence-electron chi connectivity index (χ2n) is 4.51. The lowest BCUT2D eigenvalue weighted by molar-refractivity contribution is 0.340. The topological polar surface area (TPSA) is 9.23 Å². The molecule has 0 spiro atoms. The monoisotopic (exact) mass is 328 g/mol. The van der Waals surface area contributed by atoms with Crippen LogP contribution in [0.1, 0.15) is 29.0 Å². The molecule has 0 N–H and O–H groups in total. The summed E-state index contributed by atoms with van der Waals surface area (Å²) < 4.78 is 5.41. The molecule has 0 fully saturated rings. The van der Waals surface area contributed by atoms with Crippen LogP contribution in [0, 0.1) is 6.92 Å². The normalized spacial score (nSPS) is 12.2. The zero-order valence-corrected chi connectivity index (χ0v) is 13.6. The van der Waals surface area contributed by atoms with Crippen LogP contribution in [0.25, 0.3) is 0 Å². The maximum Gasteiger partial charge on any atom is 0.139 e. The van der Waals surface area contributed by atoms with E-state index in [4.69, 9.17) is 39.5 Å². The van der Waals surface area contributed by atoms with Gasteiger partial charge in [-0.15, -0.1) is 11.6 Å². The first-order chi connectivity index (χ1) is 9.52. The molecule has 1 nitrogen and oxygen atoms in total. The van der Waals surface area contributed by atoms with E-state index in [0.717, 1.165) is 11.1 Å². The van der Waals surface area contributed by atoms with Crippen molar-refractivity contribution in [3.05, 3.63) is 63.1 Å². The molecule has 2 aromatic rings. The van der Waals surface area contributed by atoms with Crippen molar-refractivity contribution < 1.29 is 4.74 Å². The number of benzene rings is 2. The Hall–Kier alpha value is -0.890. The molecule has 0 saturated heterocycles. The first-order valence-electron chi connectivity index (χ1n) is 6.35. The lowest BCUT2D eigenvalue weighted by Crippen LogP contribution is -1.98. The number of halogens is 3. The zero-order valence-electron chi connectivity index (χ0n) is 11.3. The molecule has 4 heteroatoms. The first-order valence-corrected chi connectivity index (χ1v) is 7.54. The molecule has 1 unspecified atom stereocenters. The third-order valence-electron chi connectivity index (χ3n) is 2.99. The van der Waals surface area contributed by atoms with E-state index in [9.17, 15) is 0 Å². The third-order valence-corrected chi connectivity index (χ3v) is 4.10. The highest BCUT2D eigenvalue weighted by Gasteiger charge is 2.17. The Labute approximate surface area is 134 Å². The Balaban J connectivity index is 2.37. The summed E-state index contributed by atoms with van der Waals surface area (Å²) in [5.41, 5.74) is 2.96. The number of hydrogen-bond donors (Lipinski definition) is 0. The number of rotatable bonds is 4. The highest BCUT2D eigenvalue weighted by atomic mass is 35.5. The molecule has 0 aliphatic rings. The summed E-state index contributed by atoms with van der Waals surface area (Å²) in [5.74, 6) is 0.579. The minimum atomic E-state index is -0.337. The van der Waals surface area contributed by atoms with E-state index in [1.54, 1.807) is 12.1 Å². The van der Waals surface area contributed by atoms with Crippen LogP contribution in [-0.2, 0) is 0 Å². The molecule has 1 atom stereocenters. The van der Waals surface area contributed by atoms with Gasteiger partial charge in [-0.1, -0.05) is 53.0 Å². The molecule has 0 aliphatic heterocycles. The number of aryl methyl sites for hydroxylation is 1. The van der Waals surface area contributed by atoms with E-state index in [-0.39, 0.29) is 5.38 Å². The lowest BCUT2D eigenvalue weighted by atomic mass is 10.0. The average molecular weight is 330 g/mol. The van der Waals surface area contributed by atoms with Gasteiger partial charge in [0.05, 0.1) is 17.0 Å². The highest BCUT2D eigenvalue weighted by molar-refractivity contribution is 6.36.